The first-order valence-electron chi connectivity index (χ1n) is 7.28. The van der Waals surface area contributed by atoms with Gasteiger partial charge in [-0.1, -0.05) is 19.8 Å². The maximum atomic E-state index is 11.8. The zero-order chi connectivity index (χ0) is 14.0. The second-order valence-corrected chi connectivity index (χ2v) is 6.35. The lowest BCUT2D eigenvalue weighted by Crippen LogP contribution is -2.19. The van der Waals surface area contributed by atoms with Gasteiger partial charge in [0.15, 0.2) is 5.78 Å². The topological polar surface area (TPSA) is 22.0 Å². The molecule has 0 radical (unpaired) electrons. The second kappa shape index (κ2) is 6.13. The molecule has 1 aliphatic rings. The lowest BCUT2D eigenvalue weighted by atomic mass is 9.83. The average molecular weight is 282 g/mol. The zero-order valence-electron chi connectivity index (χ0n) is 12.2. The SMILES string of the molecule is Cc1cc(C(=O)CCl)c(C)n1CC1CCC(C)CC1. The Bertz CT molecular complexity index is 456. The van der Waals surface area contributed by atoms with Gasteiger partial charge in [0.05, 0.1) is 5.88 Å². The number of nitrogens with zero attached hydrogens (tertiary/aromatic N) is 1. The Hall–Kier alpha value is -0.760. The van der Waals surface area contributed by atoms with Crippen LogP contribution >= 0.6 is 11.6 Å². The molecule has 2 rings (SSSR count). The highest BCUT2D eigenvalue weighted by atomic mass is 35.5. The average Bonchev–Trinajstić information content (AvgIpc) is 2.68. The molecule has 0 saturated heterocycles. The molecule has 2 nitrogen and oxygen atoms in total. The summed E-state index contributed by atoms with van der Waals surface area (Å²) in [6.07, 6.45) is 5.32. The highest BCUT2D eigenvalue weighted by Gasteiger charge is 2.21. The van der Waals surface area contributed by atoms with Crippen molar-refractivity contribution in [1.82, 2.24) is 4.57 Å². The minimum absolute atomic E-state index is 0.0401. The van der Waals surface area contributed by atoms with Crippen LogP contribution in [0.1, 0.15) is 54.4 Å². The van der Waals surface area contributed by atoms with Gasteiger partial charge in [-0.3, -0.25) is 4.79 Å². The molecule has 0 N–H and O–H groups in total. The Morgan fingerprint density at radius 3 is 2.53 bits per heavy atom. The van der Waals surface area contributed by atoms with E-state index in [2.05, 4.69) is 18.4 Å². The number of halogens is 1. The molecule has 0 aromatic carbocycles. The van der Waals surface area contributed by atoms with Crippen molar-refractivity contribution in [2.45, 2.75) is 53.0 Å². The van der Waals surface area contributed by atoms with Crippen LogP contribution in [-0.2, 0) is 6.54 Å². The molecule has 19 heavy (non-hydrogen) atoms. The van der Waals surface area contributed by atoms with E-state index in [1.54, 1.807) is 0 Å². The number of aryl methyl sites for hydroxylation is 1. The number of ketones is 1. The number of carbonyl (C=O) groups excluding carboxylic acids is 1. The summed E-state index contributed by atoms with van der Waals surface area (Å²) in [5, 5.41) is 0. The highest BCUT2D eigenvalue weighted by Crippen LogP contribution is 2.30. The fourth-order valence-electron chi connectivity index (χ4n) is 3.21. The normalized spacial score (nSPS) is 23.6. The third kappa shape index (κ3) is 3.22. The summed E-state index contributed by atoms with van der Waals surface area (Å²) >= 11 is 5.67. The van der Waals surface area contributed by atoms with Crippen LogP contribution in [0.3, 0.4) is 0 Å². The van der Waals surface area contributed by atoms with E-state index in [9.17, 15) is 4.79 Å². The number of aromatic nitrogens is 1. The summed E-state index contributed by atoms with van der Waals surface area (Å²) in [6, 6.07) is 1.99. The van der Waals surface area contributed by atoms with Crippen LogP contribution in [0.2, 0.25) is 0 Å². The van der Waals surface area contributed by atoms with Crippen molar-refractivity contribution in [2.75, 3.05) is 5.88 Å². The van der Waals surface area contributed by atoms with Crippen LogP contribution in [0.15, 0.2) is 6.07 Å². The van der Waals surface area contributed by atoms with Crippen molar-refractivity contribution < 1.29 is 4.79 Å². The molecule has 1 aromatic heterocycles. The molecule has 0 atom stereocenters. The predicted octanol–water partition coefficient (Wildman–Crippen LogP) is 4.35. The maximum absolute atomic E-state index is 11.8. The van der Waals surface area contributed by atoms with Crippen molar-refractivity contribution >= 4 is 17.4 Å². The van der Waals surface area contributed by atoms with Gasteiger partial charge >= 0.3 is 0 Å². The standard InChI is InChI=1S/C16H24ClNO/c1-11-4-6-14(7-5-11)10-18-12(2)8-15(13(18)3)16(19)9-17/h8,11,14H,4-7,9-10H2,1-3H3. The molecular weight excluding hydrogens is 258 g/mol. The van der Waals surface area contributed by atoms with Gasteiger partial charge in [0, 0.05) is 23.5 Å². The number of rotatable bonds is 4. The maximum Gasteiger partial charge on any atom is 0.179 e. The fraction of sp³-hybridized carbons (Fsp3) is 0.688. The minimum atomic E-state index is 0.0401. The molecule has 1 aromatic rings. The molecule has 0 aliphatic heterocycles. The molecule has 1 saturated carbocycles. The van der Waals surface area contributed by atoms with Gasteiger partial charge in [-0.05, 0) is 44.6 Å². The number of hydrogen-bond donors (Lipinski definition) is 0. The van der Waals surface area contributed by atoms with Crippen LogP contribution in [0.4, 0.5) is 0 Å². The summed E-state index contributed by atoms with van der Waals surface area (Å²) in [6.45, 7) is 7.53. The third-order valence-corrected chi connectivity index (χ3v) is 4.81. The molecule has 0 unspecified atom stereocenters. The zero-order valence-corrected chi connectivity index (χ0v) is 13.0. The summed E-state index contributed by atoms with van der Waals surface area (Å²) in [7, 11) is 0. The van der Waals surface area contributed by atoms with E-state index in [4.69, 9.17) is 11.6 Å². The van der Waals surface area contributed by atoms with E-state index in [1.807, 2.05) is 13.0 Å². The first-order chi connectivity index (χ1) is 9.02. The molecule has 0 spiro atoms. The number of Topliss-reactive ketones (excluding diaryl/α,β-unsaturated/α-hetero) is 1. The second-order valence-electron chi connectivity index (χ2n) is 6.08. The number of hydrogen-bond acceptors (Lipinski definition) is 1. The van der Waals surface area contributed by atoms with Crippen molar-refractivity contribution in [3.05, 3.63) is 23.0 Å². The van der Waals surface area contributed by atoms with Crippen molar-refractivity contribution in [2.24, 2.45) is 11.8 Å². The van der Waals surface area contributed by atoms with Crippen molar-refractivity contribution in [3.8, 4) is 0 Å². The minimum Gasteiger partial charge on any atom is -0.348 e. The van der Waals surface area contributed by atoms with Crippen LogP contribution < -0.4 is 0 Å². The lowest BCUT2D eigenvalue weighted by Gasteiger charge is -2.27. The van der Waals surface area contributed by atoms with E-state index < -0.39 is 0 Å². The highest BCUT2D eigenvalue weighted by molar-refractivity contribution is 6.30. The van der Waals surface area contributed by atoms with Crippen LogP contribution in [0.5, 0.6) is 0 Å². The van der Waals surface area contributed by atoms with E-state index >= 15 is 0 Å². The molecule has 106 valence electrons. The Labute approximate surface area is 121 Å². The monoisotopic (exact) mass is 281 g/mol. The third-order valence-electron chi connectivity index (χ3n) is 4.57. The summed E-state index contributed by atoms with van der Waals surface area (Å²) in [5.74, 6) is 1.76. The molecule has 1 fully saturated rings. The summed E-state index contributed by atoms with van der Waals surface area (Å²) in [4.78, 5) is 11.8. The van der Waals surface area contributed by atoms with Gasteiger partial charge in [-0.2, -0.15) is 0 Å². The molecule has 3 heteroatoms. The molecular formula is C16H24ClNO. The van der Waals surface area contributed by atoms with E-state index in [0.717, 1.165) is 29.6 Å². The Morgan fingerprint density at radius 1 is 1.32 bits per heavy atom. The Morgan fingerprint density at radius 2 is 1.95 bits per heavy atom. The predicted molar refractivity (Wildman–Crippen MR) is 80.1 cm³/mol. The lowest BCUT2D eigenvalue weighted by molar-refractivity contribution is 0.102. The van der Waals surface area contributed by atoms with Gasteiger partial charge < -0.3 is 4.57 Å². The Kier molecular flexibility index (Phi) is 4.72. The summed E-state index contributed by atoms with van der Waals surface area (Å²) < 4.78 is 2.31. The van der Waals surface area contributed by atoms with Crippen LogP contribution in [0, 0.1) is 25.7 Å². The first kappa shape index (κ1) is 14.6. The molecule has 1 aliphatic carbocycles. The Balaban J connectivity index is 2.12. The van der Waals surface area contributed by atoms with Gasteiger partial charge in [0.25, 0.3) is 0 Å². The molecule has 1 heterocycles. The van der Waals surface area contributed by atoms with Crippen LogP contribution in [-0.4, -0.2) is 16.2 Å². The van der Waals surface area contributed by atoms with Crippen LogP contribution in [0.25, 0.3) is 0 Å². The quantitative estimate of drug-likeness (QED) is 0.594. The van der Waals surface area contributed by atoms with Crippen molar-refractivity contribution in [3.63, 3.8) is 0 Å². The van der Waals surface area contributed by atoms with Gasteiger partial charge in [-0.15, -0.1) is 11.6 Å². The van der Waals surface area contributed by atoms with Crippen molar-refractivity contribution in [1.29, 1.82) is 0 Å². The summed E-state index contributed by atoms with van der Waals surface area (Å²) in [5.41, 5.74) is 3.07. The number of alkyl halides is 1. The first-order valence-corrected chi connectivity index (χ1v) is 7.82. The van der Waals surface area contributed by atoms with E-state index in [0.29, 0.717) is 0 Å². The van der Waals surface area contributed by atoms with Gasteiger partial charge in [0.1, 0.15) is 0 Å². The van der Waals surface area contributed by atoms with Gasteiger partial charge in [0.2, 0.25) is 0 Å². The smallest absolute Gasteiger partial charge is 0.179 e. The fourth-order valence-corrected chi connectivity index (χ4v) is 3.35. The molecule has 0 bridgehead atoms. The van der Waals surface area contributed by atoms with Gasteiger partial charge in [-0.25, -0.2) is 0 Å². The van der Waals surface area contributed by atoms with E-state index in [1.165, 1.54) is 31.4 Å². The largest absolute Gasteiger partial charge is 0.348 e. The van der Waals surface area contributed by atoms with E-state index in [-0.39, 0.29) is 11.7 Å². The number of carbonyl (C=O) groups is 1. The molecule has 0 amide bonds.